The molecule has 4 rings (SSSR count). The van der Waals surface area contributed by atoms with E-state index in [0.717, 1.165) is 33.2 Å². The van der Waals surface area contributed by atoms with Crippen molar-refractivity contribution in [1.82, 2.24) is 0 Å². The van der Waals surface area contributed by atoms with E-state index in [0.29, 0.717) is 6.42 Å². The average molecular weight is 328 g/mol. The summed E-state index contributed by atoms with van der Waals surface area (Å²) in [6.45, 7) is -0.0332. The second kappa shape index (κ2) is 6.20. The van der Waals surface area contributed by atoms with Crippen molar-refractivity contribution in [3.05, 3.63) is 60.2 Å². The quantitative estimate of drug-likeness (QED) is 0.598. The maximum atomic E-state index is 9.29. The fraction of sp³-hybridized carbons (Fsp3) is 0.158. The van der Waals surface area contributed by atoms with Crippen molar-refractivity contribution in [2.24, 2.45) is 5.73 Å². The summed E-state index contributed by atoms with van der Waals surface area (Å²) in [5.41, 5.74) is 9.02. The van der Waals surface area contributed by atoms with Crippen LogP contribution in [0.15, 0.2) is 59.0 Å². The van der Waals surface area contributed by atoms with Gasteiger partial charge in [-0.1, -0.05) is 42.5 Å². The van der Waals surface area contributed by atoms with E-state index < -0.39 is 0 Å². The van der Waals surface area contributed by atoms with Gasteiger partial charge in [0.25, 0.3) is 0 Å². The van der Waals surface area contributed by atoms with E-state index in [1.807, 2.05) is 30.3 Å². The van der Waals surface area contributed by atoms with Crippen LogP contribution in [-0.2, 0) is 6.42 Å². The minimum absolute atomic E-state index is 0. The molecule has 1 aliphatic heterocycles. The molecular weight excluding hydrogens is 310 g/mol. The zero-order valence-electron chi connectivity index (χ0n) is 12.5. The number of rotatable bonds is 3. The van der Waals surface area contributed by atoms with Crippen LogP contribution in [0, 0.1) is 0 Å². The maximum Gasteiger partial charge on any atom is 0.139 e. The van der Waals surface area contributed by atoms with Gasteiger partial charge in [-0.05, 0) is 29.3 Å². The first-order valence-electron chi connectivity index (χ1n) is 7.46. The molecule has 1 aliphatic carbocycles. The fourth-order valence-electron chi connectivity index (χ4n) is 3.14. The number of para-hydroxylation sites is 1. The number of halogens is 1. The average Bonchev–Trinajstić information content (AvgIpc) is 2.86. The SMILES string of the molecule is Cl.NC(CO)Cc1c2oc3ccccc3cc-2c2ccccc12. The van der Waals surface area contributed by atoms with E-state index in [2.05, 4.69) is 24.3 Å². The Kier molecular flexibility index (Phi) is 4.26. The summed E-state index contributed by atoms with van der Waals surface area (Å²) in [6, 6.07) is 18.2. The first-order valence-corrected chi connectivity index (χ1v) is 7.46. The molecule has 0 radical (unpaired) electrons. The molecule has 118 valence electrons. The third-order valence-electron chi connectivity index (χ3n) is 4.19. The molecule has 2 aromatic rings. The third-order valence-corrected chi connectivity index (χ3v) is 4.19. The van der Waals surface area contributed by atoms with E-state index in [9.17, 15) is 5.11 Å². The minimum Gasteiger partial charge on any atom is -0.456 e. The predicted octanol–water partition coefficient (Wildman–Crippen LogP) is 3.97. The van der Waals surface area contributed by atoms with E-state index >= 15 is 0 Å². The van der Waals surface area contributed by atoms with Gasteiger partial charge in [0.2, 0.25) is 0 Å². The number of hydrogen-bond acceptors (Lipinski definition) is 3. The Morgan fingerprint density at radius 2 is 1.70 bits per heavy atom. The molecule has 0 fully saturated rings. The molecule has 0 aromatic heterocycles. The van der Waals surface area contributed by atoms with Crippen LogP contribution < -0.4 is 5.73 Å². The molecule has 2 aromatic carbocycles. The van der Waals surface area contributed by atoms with Crippen molar-refractivity contribution in [2.75, 3.05) is 6.61 Å². The highest BCUT2D eigenvalue weighted by Gasteiger charge is 2.22. The maximum absolute atomic E-state index is 9.29. The number of hydrogen-bond donors (Lipinski definition) is 2. The van der Waals surface area contributed by atoms with Gasteiger partial charge < -0.3 is 15.3 Å². The summed E-state index contributed by atoms with van der Waals surface area (Å²) in [6.07, 6.45) is 0.600. The second-order valence-electron chi connectivity index (χ2n) is 5.70. The highest BCUT2D eigenvalue weighted by atomic mass is 35.5. The zero-order chi connectivity index (χ0) is 15.1. The Balaban J connectivity index is 0.00000156. The van der Waals surface area contributed by atoms with Crippen LogP contribution in [0.4, 0.5) is 0 Å². The first-order chi connectivity index (χ1) is 10.8. The normalized spacial score (nSPS) is 12.6. The van der Waals surface area contributed by atoms with E-state index in [1.165, 1.54) is 5.39 Å². The van der Waals surface area contributed by atoms with Gasteiger partial charge in [-0.25, -0.2) is 0 Å². The highest BCUT2D eigenvalue weighted by Crippen LogP contribution is 2.41. The molecule has 0 amide bonds. The van der Waals surface area contributed by atoms with Crippen LogP contribution in [0.5, 0.6) is 0 Å². The van der Waals surface area contributed by atoms with E-state index in [-0.39, 0.29) is 25.1 Å². The molecule has 1 atom stereocenters. The molecule has 0 saturated heterocycles. The van der Waals surface area contributed by atoms with Gasteiger partial charge in [0, 0.05) is 22.6 Å². The van der Waals surface area contributed by atoms with Crippen LogP contribution >= 0.6 is 12.4 Å². The molecule has 23 heavy (non-hydrogen) atoms. The summed E-state index contributed by atoms with van der Waals surface area (Å²) in [5, 5.41) is 12.7. The molecule has 2 aliphatic rings. The van der Waals surface area contributed by atoms with Crippen LogP contribution in [-0.4, -0.2) is 17.8 Å². The van der Waals surface area contributed by atoms with E-state index in [1.54, 1.807) is 0 Å². The van der Waals surface area contributed by atoms with Crippen molar-refractivity contribution in [1.29, 1.82) is 0 Å². The van der Waals surface area contributed by atoms with Gasteiger partial charge in [0.15, 0.2) is 0 Å². The van der Waals surface area contributed by atoms with Crippen LogP contribution in [0.25, 0.3) is 33.1 Å². The molecule has 0 bridgehead atoms. The lowest BCUT2D eigenvalue weighted by Gasteiger charge is -2.10. The second-order valence-corrected chi connectivity index (χ2v) is 5.70. The molecule has 0 spiro atoms. The first kappa shape index (κ1) is 15.8. The molecule has 4 heteroatoms. The molecule has 3 nitrogen and oxygen atoms in total. The number of nitrogens with two attached hydrogens (primary N) is 1. The summed E-state index contributed by atoms with van der Waals surface area (Å²) in [7, 11) is 0. The standard InChI is InChI=1S/C19H17NO2.ClH/c20-13(11-21)10-17-15-7-3-2-6-14(15)16-9-12-5-1-4-8-18(12)22-19(16)17;/h1-9,13,21H,10-11,20H2;1H. The molecule has 3 N–H and O–H groups in total. The Morgan fingerprint density at radius 3 is 2.48 bits per heavy atom. The Morgan fingerprint density at radius 1 is 1.00 bits per heavy atom. The third kappa shape index (κ3) is 2.57. The fourth-order valence-corrected chi connectivity index (χ4v) is 3.14. The number of benzene rings is 2. The molecule has 1 unspecified atom stereocenters. The highest BCUT2D eigenvalue weighted by molar-refractivity contribution is 6.06. The van der Waals surface area contributed by atoms with Gasteiger partial charge >= 0.3 is 0 Å². The zero-order valence-corrected chi connectivity index (χ0v) is 13.3. The molecule has 1 heterocycles. The van der Waals surface area contributed by atoms with Crippen molar-refractivity contribution in [2.45, 2.75) is 12.5 Å². The van der Waals surface area contributed by atoms with Gasteiger partial charge in [0.05, 0.1) is 6.61 Å². The Labute approximate surface area is 140 Å². The lowest BCUT2D eigenvalue weighted by atomic mass is 10.0. The van der Waals surface area contributed by atoms with Crippen LogP contribution in [0.1, 0.15) is 5.56 Å². The van der Waals surface area contributed by atoms with Crippen molar-refractivity contribution in [3.8, 4) is 11.3 Å². The lowest BCUT2D eigenvalue weighted by molar-refractivity contribution is 0.265. The van der Waals surface area contributed by atoms with E-state index in [4.69, 9.17) is 10.2 Å². The molecular formula is C19H18ClNO2. The van der Waals surface area contributed by atoms with Crippen molar-refractivity contribution >= 4 is 34.1 Å². The van der Waals surface area contributed by atoms with Crippen molar-refractivity contribution in [3.63, 3.8) is 0 Å². The van der Waals surface area contributed by atoms with Crippen molar-refractivity contribution < 1.29 is 9.52 Å². The lowest BCUT2D eigenvalue weighted by Crippen LogP contribution is -2.26. The monoisotopic (exact) mass is 327 g/mol. The summed E-state index contributed by atoms with van der Waals surface area (Å²) in [5.74, 6) is 0.879. The minimum atomic E-state index is -0.282. The number of aliphatic hydroxyl groups excluding tert-OH is 1. The molecule has 0 saturated carbocycles. The Bertz CT molecular complexity index is 931. The topological polar surface area (TPSA) is 59.4 Å². The Hall–Kier alpha value is -2.07. The predicted molar refractivity (Wildman–Crippen MR) is 96.4 cm³/mol. The summed E-state index contributed by atoms with van der Waals surface area (Å²) >= 11 is 0. The number of aliphatic hydroxyl groups is 1. The summed E-state index contributed by atoms with van der Waals surface area (Å²) in [4.78, 5) is 0. The van der Waals surface area contributed by atoms with Gasteiger partial charge in [-0.15, -0.1) is 12.4 Å². The largest absolute Gasteiger partial charge is 0.456 e. The van der Waals surface area contributed by atoms with Gasteiger partial charge in [-0.2, -0.15) is 0 Å². The van der Waals surface area contributed by atoms with Gasteiger partial charge in [-0.3, -0.25) is 0 Å². The van der Waals surface area contributed by atoms with Gasteiger partial charge in [0.1, 0.15) is 11.3 Å². The smallest absolute Gasteiger partial charge is 0.139 e. The van der Waals surface area contributed by atoms with Crippen LogP contribution in [0.3, 0.4) is 0 Å². The summed E-state index contributed by atoms with van der Waals surface area (Å²) < 4.78 is 6.17. The van der Waals surface area contributed by atoms with Crippen LogP contribution in [0.2, 0.25) is 0 Å². The number of fused-ring (bicyclic) bond motifs is 4.